The monoisotopic (exact) mass is 204 g/mol. The van der Waals surface area contributed by atoms with Gasteiger partial charge in [-0.1, -0.05) is 18.2 Å². The molecule has 0 aliphatic heterocycles. The molecule has 1 fully saturated rings. The van der Waals surface area contributed by atoms with Gasteiger partial charge in [-0.25, -0.2) is 0 Å². The normalized spacial score (nSPS) is 17.8. The van der Waals surface area contributed by atoms with Crippen molar-refractivity contribution in [3.63, 3.8) is 0 Å². The van der Waals surface area contributed by atoms with Crippen LogP contribution >= 0.6 is 0 Å². The van der Waals surface area contributed by atoms with Crippen LogP contribution in [0.3, 0.4) is 0 Å². The second kappa shape index (κ2) is 4.33. The first-order valence-corrected chi connectivity index (χ1v) is 5.74. The zero-order chi connectivity index (χ0) is 10.8. The van der Waals surface area contributed by atoms with Gasteiger partial charge in [0.15, 0.2) is 0 Å². The fourth-order valence-electron chi connectivity index (χ4n) is 1.97. The summed E-state index contributed by atoms with van der Waals surface area (Å²) in [7, 11) is 0. The highest BCUT2D eigenvalue weighted by molar-refractivity contribution is 5.35. The summed E-state index contributed by atoms with van der Waals surface area (Å²) in [6, 6.07) is 7.50. The van der Waals surface area contributed by atoms with Crippen LogP contribution in [0.2, 0.25) is 0 Å². The molecule has 0 bridgehead atoms. The van der Waals surface area contributed by atoms with Crippen molar-refractivity contribution < 1.29 is 0 Å². The Hall–Kier alpha value is -0.860. The van der Waals surface area contributed by atoms with Gasteiger partial charge in [0.25, 0.3) is 0 Å². The first-order chi connectivity index (χ1) is 7.22. The SMILES string of the molecule is Cc1cccc(C(CN)NC2CC2)c1C. The van der Waals surface area contributed by atoms with Crippen molar-refractivity contribution in [2.24, 2.45) is 5.73 Å². The van der Waals surface area contributed by atoms with E-state index in [9.17, 15) is 0 Å². The van der Waals surface area contributed by atoms with Crippen LogP contribution in [0.4, 0.5) is 0 Å². The molecular weight excluding hydrogens is 184 g/mol. The van der Waals surface area contributed by atoms with E-state index in [0.29, 0.717) is 18.6 Å². The lowest BCUT2D eigenvalue weighted by Crippen LogP contribution is -2.30. The summed E-state index contributed by atoms with van der Waals surface area (Å²) in [4.78, 5) is 0. The molecule has 1 saturated carbocycles. The Kier molecular flexibility index (Phi) is 3.08. The highest BCUT2D eigenvalue weighted by atomic mass is 15.0. The van der Waals surface area contributed by atoms with Gasteiger partial charge in [0.05, 0.1) is 0 Å². The second-order valence-electron chi connectivity index (χ2n) is 4.52. The lowest BCUT2D eigenvalue weighted by molar-refractivity contribution is 0.536. The van der Waals surface area contributed by atoms with Crippen LogP contribution in [0, 0.1) is 13.8 Å². The minimum Gasteiger partial charge on any atom is -0.329 e. The molecular formula is C13H20N2. The Morgan fingerprint density at radius 1 is 1.40 bits per heavy atom. The van der Waals surface area contributed by atoms with Crippen LogP contribution in [0.5, 0.6) is 0 Å². The van der Waals surface area contributed by atoms with E-state index >= 15 is 0 Å². The van der Waals surface area contributed by atoms with Crippen LogP contribution in [0.25, 0.3) is 0 Å². The summed E-state index contributed by atoms with van der Waals surface area (Å²) < 4.78 is 0. The van der Waals surface area contributed by atoms with Crippen molar-refractivity contribution in [2.75, 3.05) is 6.54 Å². The lowest BCUT2D eigenvalue weighted by Gasteiger charge is -2.20. The number of nitrogens with two attached hydrogens (primary N) is 1. The summed E-state index contributed by atoms with van der Waals surface area (Å²) in [6.07, 6.45) is 2.61. The molecule has 1 aliphatic carbocycles. The number of nitrogens with one attached hydrogen (secondary N) is 1. The highest BCUT2D eigenvalue weighted by Gasteiger charge is 2.25. The van der Waals surface area contributed by atoms with Gasteiger partial charge in [0, 0.05) is 18.6 Å². The summed E-state index contributed by atoms with van der Waals surface area (Å²) in [6.45, 7) is 5.02. The topological polar surface area (TPSA) is 38.0 Å². The Morgan fingerprint density at radius 2 is 2.13 bits per heavy atom. The number of hydrogen-bond donors (Lipinski definition) is 2. The first-order valence-electron chi connectivity index (χ1n) is 5.74. The van der Waals surface area contributed by atoms with E-state index in [2.05, 4.69) is 37.4 Å². The summed E-state index contributed by atoms with van der Waals surface area (Å²) in [5.41, 5.74) is 9.93. The fraction of sp³-hybridized carbons (Fsp3) is 0.538. The van der Waals surface area contributed by atoms with Crippen LogP contribution in [0.1, 0.15) is 35.6 Å². The van der Waals surface area contributed by atoms with Crippen molar-refractivity contribution in [2.45, 2.75) is 38.8 Å². The minimum atomic E-state index is 0.331. The van der Waals surface area contributed by atoms with Gasteiger partial charge in [-0.3, -0.25) is 0 Å². The van der Waals surface area contributed by atoms with E-state index in [1.165, 1.54) is 29.5 Å². The summed E-state index contributed by atoms with van der Waals surface area (Å²) in [5, 5.41) is 3.60. The predicted molar refractivity (Wildman–Crippen MR) is 63.9 cm³/mol. The van der Waals surface area contributed by atoms with Crippen LogP contribution in [0.15, 0.2) is 18.2 Å². The van der Waals surface area contributed by atoms with Gasteiger partial charge in [0.1, 0.15) is 0 Å². The molecule has 0 aromatic heterocycles. The fourth-order valence-corrected chi connectivity index (χ4v) is 1.97. The average molecular weight is 204 g/mol. The van der Waals surface area contributed by atoms with Gasteiger partial charge in [-0.15, -0.1) is 0 Å². The third kappa shape index (κ3) is 2.39. The lowest BCUT2D eigenvalue weighted by atomic mass is 9.97. The number of benzene rings is 1. The van der Waals surface area contributed by atoms with E-state index in [4.69, 9.17) is 5.73 Å². The largest absolute Gasteiger partial charge is 0.329 e. The van der Waals surface area contributed by atoms with Crippen molar-refractivity contribution in [1.29, 1.82) is 0 Å². The molecule has 1 aromatic carbocycles. The molecule has 2 rings (SSSR count). The zero-order valence-corrected chi connectivity index (χ0v) is 9.59. The van der Waals surface area contributed by atoms with Crippen LogP contribution in [-0.4, -0.2) is 12.6 Å². The molecule has 15 heavy (non-hydrogen) atoms. The van der Waals surface area contributed by atoms with E-state index in [-0.39, 0.29) is 0 Å². The van der Waals surface area contributed by atoms with E-state index in [1.807, 2.05) is 0 Å². The van der Waals surface area contributed by atoms with Crippen molar-refractivity contribution in [3.8, 4) is 0 Å². The number of aryl methyl sites for hydroxylation is 1. The molecule has 3 N–H and O–H groups in total. The second-order valence-corrected chi connectivity index (χ2v) is 4.52. The van der Waals surface area contributed by atoms with Gasteiger partial charge in [0.2, 0.25) is 0 Å². The maximum Gasteiger partial charge on any atom is 0.0449 e. The van der Waals surface area contributed by atoms with Gasteiger partial charge < -0.3 is 11.1 Å². The maximum atomic E-state index is 5.84. The molecule has 1 aromatic rings. The summed E-state index contributed by atoms with van der Waals surface area (Å²) >= 11 is 0. The third-order valence-electron chi connectivity index (χ3n) is 3.27. The van der Waals surface area contributed by atoms with Crippen LogP contribution < -0.4 is 11.1 Å². The van der Waals surface area contributed by atoms with Gasteiger partial charge in [-0.2, -0.15) is 0 Å². The highest BCUT2D eigenvalue weighted by Crippen LogP contribution is 2.26. The Balaban J connectivity index is 2.20. The van der Waals surface area contributed by atoms with Gasteiger partial charge in [-0.05, 0) is 43.4 Å². The Morgan fingerprint density at radius 3 is 2.73 bits per heavy atom. The molecule has 2 heteroatoms. The van der Waals surface area contributed by atoms with Crippen LogP contribution in [-0.2, 0) is 0 Å². The zero-order valence-electron chi connectivity index (χ0n) is 9.59. The molecule has 0 heterocycles. The number of rotatable bonds is 4. The molecule has 1 unspecified atom stereocenters. The maximum absolute atomic E-state index is 5.84. The quantitative estimate of drug-likeness (QED) is 0.788. The van der Waals surface area contributed by atoms with E-state index < -0.39 is 0 Å². The van der Waals surface area contributed by atoms with Gasteiger partial charge >= 0.3 is 0 Å². The molecule has 1 atom stereocenters. The van der Waals surface area contributed by atoms with Crippen molar-refractivity contribution in [1.82, 2.24) is 5.32 Å². The molecule has 0 spiro atoms. The first kappa shape index (κ1) is 10.7. The molecule has 0 saturated heterocycles. The number of hydrogen-bond acceptors (Lipinski definition) is 2. The smallest absolute Gasteiger partial charge is 0.0449 e. The summed E-state index contributed by atoms with van der Waals surface area (Å²) in [5.74, 6) is 0. The molecule has 1 aliphatic rings. The predicted octanol–water partition coefficient (Wildman–Crippen LogP) is 2.06. The van der Waals surface area contributed by atoms with E-state index in [0.717, 1.165) is 0 Å². The molecule has 0 amide bonds. The van der Waals surface area contributed by atoms with Crippen molar-refractivity contribution >= 4 is 0 Å². The average Bonchev–Trinajstić information content (AvgIpc) is 3.03. The van der Waals surface area contributed by atoms with Crippen molar-refractivity contribution in [3.05, 3.63) is 34.9 Å². The Bertz CT molecular complexity index is 342. The Labute approximate surface area is 91.9 Å². The third-order valence-corrected chi connectivity index (χ3v) is 3.27. The minimum absolute atomic E-state index is 0.331. The standard InChI is InChI=1S/C13H20N2/c1-9-4-3-5-12(10(9)2)13(8-14)15-11-6-7-11/h3-5,11,13,15H,6-8,14H2,1-2H3. The molecule has 82 valence electrons. The van der Waals surface area contributed by atoms with E-state index in [1.54, 1.807) is 0 Å². The molecule has 0 radical (unpaired) electrons. The molecule has 2 nitrogen and oxygen atoms in total.